The number of hydrogen-bond donors (Lipinski definition) is 1. The van der Waals surface area contributed by atoms with Crippen molar-refractivity contribution in [1.82, 2.24) is 20.0 Å². The van der Waals surface area contributed by atoms with E-state index in [0.717, 1.165) is 0 Å². The highest BCUT2D eigenvalue weighted by molar-refractivity contribution is 7.91. The Balaban J connectivity index is 1.34. The first kappa shape index (κ1) is 21.8. The third-order valence-electron chi connectivity index (χ3n) is 5.58. The van der Waals surface area contributed by atoms with Gasteiger partial charge in [0.2, 0.25) is 5.91 Å². The molecule has 0 aliphatic carbocycles. The largest absolute Gasteiger partial charge is 0.366 e. The lowest BCUT2D eigenvalue weighted by atomic mass is 10.2. The molecule has 1 aromatic heterocycles. The van der Waals surface area contributed by atoms with Gasteiger partial charge in [0.15, 0.2) is 9.84 Å². The van der Waals surface area contributed by atoms with Crippen LogP contribution in [-0.2, 0) is 14.6 Å². The molecule has 0 spiro atoms. The van der Waals surface area contributed by atoms with Gasteiger partial charge in [-0.2, -0.15) is 9.78 Å². The van der Waals surface area contributed by atoms with Gasteiger partial charge in [0.05, 0.1) is 35.6 Å². The molecule has 166 valence electrons. The second-order valence-electron chi connectivity index (χ2n) is 7.83. The van der Waals surface area contributed by atoms with Gasteiger partial charge in [-0.1, -0.05) is 29.8 Å². The van der Waals surface area contributed by atoms with Crippen molar-refractivity contribution in [2.24, 2.45) is 0 Å². The van der Waals surface area contributed by atoms with Gasteiger partial charge < -0.3 is 10.2 Å². The average Bonchev–Trinajstić information content (AvgIpc) is 3.09. The van der Waals surface area contributed by atoms with Crippen molar-refractivity contribution in [1.29, 1.82) is 0 Å². The molecule has 9 nitrogen and oxygen atoms in total. The molecule has 0 radical (unpaired) electrons. The van der Waals surface area contributed by atoms with Crippen LogP contribution in [-0.4, -0.2) is 79.3 Å². The van der Waals surface area contributed by atoms with Crippen LogP contribution in [0.4, 0.5) is 5.69 Å². The number of rotatable bonds is 5. The molecular weight excluding hydrogens is 442 g/mol. The molecular formula is C20H24ClN5O4S. The van der Waals surface area contributed by atoms with Crippen molar-refractivity contribution in [2.75, 3.05) is 49.1 Å². The maximum Gasteiger partial charge on any atom is 0.292 e. The fraction of sp³-hybridized carbons (Fsp3) is 0.450. The number of carbonyl (C=O) groups excluding carboxylic acids is 1. The zero-order chi connectivity index (χ0) is 22.0. The van der Waals surface area contributed by atoms with Gasteiger partial charge in [-0.05, 0) is 18.6 Å². The summed E-state index contributed by atoms with van der Waals surface area (Å²) in [6.45, 7) is 2.65. The molecule has 0 saturated carbocycles. The summed E-state index contributed by atoms with van der Waals surface area (Å²) in [7, 11) is -3.02. The van der Waals surface area contributed by atoms with Crippen molar-refractivity contribution in [3.8, 4) is 5.69 Å². The van der Waals surface area contributed by atoms with E-state index < -0.39 is 9.84 Å². The van der Waals surface area contributed by atoms with Crippen LogP contribution >= 0.6 is 11.6 Å². The smallest absolute Gasteiger partial charge is 0.292 e. The summed E-state index contributed by atoms with van der Waals surface area (Å²) in [6.07, 6.45) is 2.07. The number of para-hydroxylation sites is 1. The lowest BCUT2D eigenvalue weighted by Crippen LogP contribution is -2.51. The van der Waals surface area contributed by atoms with Gasteiger partial charge in [-0.15, -0.1) is 0 Å². The second-order valence-corrected chi connectivity index (χ2v) is 10.4. The van der Waals surface area contributed by atoms with Gasteiger partial charge in [0.1, 0.15) is 5.02 Å². The van der Waals surface area contributed by atoms with E-state index in [1.165, 1.54) is 4.68 Å². The molecule has 1 atom stereocenters. The molecule has 11 heteroatoms. The summed E-state index contributed by atoms with van der Waals surface area (Å²) in [4.78, 5) is 28.9. The van der Waals surface area contributed by atoms with Crippen LogP contribution in [0.3, 0.4) is 0 Å². The maximum atomic E-state index is 12.7. The fourth-order valence-corrected chi connectivity index (χ4v) is 5.85. The number of nitrogens with zero attached hydrogens (tertiary/aromatic N) is 4. The first-order chi connectivity index (χ1) is 14.8. The summed E-state index contributed by atoms with van der Waals surface area (Å²) < 4.78 is 24.3. The monoisotopic (exact) mass is 465 g/mol. The Bertz CT molecular complexity index is 1110. The highest BCUT2D eigenvalue weighted by Gasteiger charge is 2.29. The van der Waals surface area contributed by atoms with Gasteiger partial charge in [0.25, 0.3) is 5.56 Å². The molecule has 2 aromatic rings. The molecule has 2 saturated heterocycles. The summed E-state index contributed by atoms with van der Waals surface area (Å²) in [5.41, 5.74) is 0.852. The summed E-state index contributed by atoms with van der Waals surface area (Å²) >= 11 is 6.38. The van der Waals surface area contributed by atoms with E-state index in [9.17, 15) is 18.0 Å². The number of piperazine rings is 1. The minimum Gasteiger partial charge on any atom is -0.366 e. The highest BCUT2D eigenvalue weighted by atomic mass is 35.5. The summed E-state index contributed by atoms with van der Waals surface area (Å²) in [5, 5.41) is 7.20. The molecule has 31 heavy (non-hydrogen) atoms. The molecule has 1 N–H and O–H groups in total. The number of halogens is 1. The van der Waals surface area contributed by atoms with E-state index >= 15 is 0 Å². The number of anilines is 1. The second kappa shape index (κ2) is 8.97. The third kappa shape index (κ3) is 5.08. The molecule has 1 unspecified atom stereocenters. The summed E-state index contributed by atoms with van der Waals surface area (Å²) in [5.74, 6) is -0.0122. The average molecular weight is 466 g/mol. The maximum absolute atomic E-state index is 12.7. The van der Waals surface area contributed by atoms with Crippen LogP contribution in [0.1, 0.15) is 6.42 Å². The number of benzene rings is 1. The number of amides is 1. The van der Waals surface area contributed by atoms with E-state index in [1.54, 1.807) is 18.3 Å². The molecule has 2 aliphatic heterocycles. The number of hydrogen-bond acceptors (Lipinski definition) is 7. The Hall–Kier alpha value is -2.43. The summed E-state index contributed by atoms with van der Waals surface area (Å²) in [6, 6.07) is 8.79. The van der Waals surface area contributed by atoms with Gasteiger partial charge in [-0.25, -0.2) is 8.42 Å². The van der Waals surface area contributed by atoms with Crippen LogP contribution < -0.4 is 15.8 Å². The Labute approximate surface area is 185 Å². The Kier molecular flexibility index (Phi) is 6.31. The Morgan fingerprint density at radius 2 is 1.87 bits per heavy atom. The van der Waals surface area contributed by atoms with E-state index in [-0.39, 0.29) is 40.6 Å². The quantitative estimate of drug-likeness (QED) is 0.677. The van der Waals surface area contributed by atoms with Crippen molar-refractivity contribution in [3.05, 3.63) is 51.9 Å². The van der Waals surface area contributed by atoms with E-state index in [2.05, 4.69) is 10.4 Å². The number of carbonyl (C=O) groups is 1. The van der Waals surface area contributed by atoms with E-state index in [1.807, 2.05) is 28.0 Å². The van der Waals surface area contributed by atoms with Crippen molar-refractivity contribution in [3.63, 3.8) is 0 Å². The lowest BCUT2D eigenvalue weighted by Gasteiger charge is -2.35. The van der Waals surface area contributed by atoms with Crippen LogP contribution in [0, 0.1) is 0 Å². The van der Waals surface area contributed by atoms with E-state index in [4.69, 9.17) is 11.6 Å². The standard InChI is InChI=1S/C20H24ClN5O4S/c21-19-17(12-22-26(20(19)28)16-4-2-1-3-5-16)25-9-7-24(8-10-25)13-18(27)23-15-6-11-31(29,30)14-15/h1-5,12,15H,6-11,13-14H2,(H,23,27). The predicted molar refractivity (Wildman–Crippen MR) is 119 cm³/mol. The molecule has 2 aliphatic rings. The number of aromatic nitrogens is 2. The van der Waals surface area contributed by atoms with Crippen LogP contribution in [0.5, 0.6) is 0 Å². The van der Waals surface area contributed by atoms with E-state index in [0.29, 0.717) is 44.0 Å². The molecule has 1 amide bonds. The Morgan fingerprint density at radius 3 is 2.52 bits per heavy atom. The van der Waals surface area contributed by atoms with Gasteiger partial charge >= 0.3 is 0 Å². The number of nitrogens with one attached hydrogen (secondary N) is 1. The van der Waals surface area contributed by atoms with Crippen molar-refractivity contribution in [2.45, 2.75) is 12.5 Å². The first-order valence-corrected chi connectivity index (χ1v) is 12.3. The zero-order valence-corrected chi connectivity index (χ0v) is 18.5. The fourth-order valence-electron chi connectivity index (χ4n) is 3.93. The highest BCUT2D eigenvalue weighted by Crippen LogP contribution is 2.23. The zero-order valence-electron chi connectivity index (χ0n) is 16.9. The normalized spacial score (nSPS) is 21.2. The molecule has 0 bridgehead atoms. The number of sulfone groups is 1. The minimum absolute atomic E-state index is 0.0204. The van der Waals surface area contributed by atoms with Crippen LogP contribution in [0.15, 0.2) is 41.3 Å². The predicted octanol–water partition coefficient (Wildman–Crippen LogP) is 0.311. The minimum atomic E-state index is -3.02. The van der Waals surface area contributed by atoms with Gasteiger partial charge in [0, 0.05) is 32.2 Å². The topological polar surface area (TPSA) is 105 Å². The Morgan fingerprint density at radius 1 is 1.16 bits per heavy atom. The first-order valence-electron chi connectivity index (χ1n) is 10.1. The molecule has 1 aromatic carbocycles. The lowest BCUT2D eigenvalue weighted by molar-refractivity contribution is -0.122. The van der Waals surface area contributed by atoms with Crippen molar-refractivity contribution < 1.29 is 13.2 Å². The molecule has 4 rings (SSSR count). The SMILES string of the molecule is O=C(CN1CCN(c2cnn(-c3ccccc3)c(=O)c2Cl)CC1)NC1CCS(=O)(=O)C1. The third-order valence-corrected chi connectivity index (χ3v) is 7.70. The van der Waals surface area contributed by atoms with Crippen molar-refractivity contribution >= 4 is 33.0 Å². The molecule has 2 fully saturated rings. The van der Waals surface area contributed by atoms with Crippen LogP contribution in [0.25, 0.3) is 5.69 Å². The van der Waals surface area contributed by atoms with Crippen LogP contribution in [0.2, 0.25) is 5.02 Å². The molecule has 3 heterocycles. The van der Waals surface area contributed by atoms with Gasteiger partial charge in [-0.3, -0.25) is 14.5 Å².